The predicted octanol–water partition coefficient (Wildman–Crippen LogP) is 2.70. The molecule has 0 saturated carbocycles. The molecule has 0 aliphatic carbocycles. The van der Waals surface area contributed by atoms with Gasteiger partial charge in [-0.15, -0.1) is 0 Å². The molecule has 0 atom stereocenters. The van der Waals surface area contributed by atoms with Crippen LogP contribution in [0.1, 0.15) is 15.9 Å². The van der Waals surface area contributed by atoms with Gasteiger partial charge in [-0.2, -0.15) is 0 Å². The molecule has 0 aliphatic rings. The molecule has 0 aromatic carbocycles. The number of aryl methyl sites for hydroxylation is 1. The Morgan fingerprint density at radius 3 is 3.09 bits per heavy atom. The van der Waals surface area contributed by atoms with E-state index in [2.05, 4.69) is 43.5 Å². The summed E-state index contributed by atoms with van der Waals surface area (Å²) in [6.45, 7) is 0.569. The number of carbonyl (C=O) groups is 1. The Morgan fingerprint density at radius 2 is 2.27 bits per heavy atom. The first-order chi connectivity index (χ1) is 10.6. The van der Waals surface area contributed by atoms with Crippen molar-refractivity contribution in [2.24, 2.45) is 7.05 Å². The quantitative estimate of drug-likeness (QED) is 0.779. The van der Waals surface area contributed by atoms with E-state index < -0.39 is 0 Å². The zero-order valence-corrected chi connectivity index (χ0v) is 13.7. The fourth-order valence-corrected chi connectivity index (χ4v) is 2.81. The van der Waals surface area contributed by atoms with Crippen LogP contribution in [0.4, 0.5) is 0 Å². The van der Waals surface area contributed by atoms with Gasteiger partial charge in [0.15, 0.2) is 0 Å². The van der Waals surface area contributed by atoms with E-state index in [1.54, 1.807) is 24.7 Å². The van der Waals surface area contributed by atoms with Crippen LogP contribution in [0.15, 0.2) is 47.5 Å². The van der Waals surface area contributed by atoms with Gasteiger partial charge in [0.2, 0.25) is 0 Å². The molecule has 1 amide bonds. The molecule has 1 N–H and O–H groups in total. The first-order valence-electron chi connectivity index (χ1n) is 6.93. The van der Waals surface area contributed by atoms with Crippen LogP contribution in [0.5, 0.6) is 0 Å². The van der Waals surface area contributed by atoms with Crippen molar-refractivity contribution >= 4 is 32.9 Å². The average Bonchev–Trinajstić information content (AvgIpc) is 2.84. The summed E-state index contributed by atoms with van der Waals surface area (Å²) < 4.78 is 2.80. The van der Waals surface area contributed by atoms with E-state index in [1.807, 2.05) is 17.7 Å². The zero-order valence-electron chi connectivity index (χ0n) is 12.1. The molecule has 3 aromatic heterocycles. The summed E-state index contributed by atoms with van der Waals surface area (Å²) in [5.74, 6) is -0.118. The first-order valence-corrected chi connectivity index (χ1v) is 7.72. The van der Waals surface area contributed by atoms with Crippen molar-refractivity contribution in [3.8, 4) is 0 Å². The van der Waals surface area contributed by atoms with Gasteiger partial charge in [-0.05, 0) is 46.1 Å². The topological polar surface area (TPSA) is 59.8 Å². The number of carbonyl (C=O) groups excluding carboxylic acids is 1. The second kappa shape index (κ2) is 6.27. The summed E-state index contributed by atoms with van der Waals surface area (Å²) in [5, 5.41) is 4.05. The zero-order chi connectivity index (χ0) is 15.5. The third kappa shape index (κ3) is 3.01. The maximum absolute atomic E-state index is 12.1. The lowest BCUT2D eigenvalue weighted by Gasteiger charge is -2.04. The predicted molar refractivity (Wildman–Crippen MR) is 88.7 cm³/mol. The van der Waals surface area contributed by atoms with Gasteiger partial charge >= 0.3 is 0 Å². The van der Waals surface area contributed by atoms with Crippen LogP contribution in [0.25, 0.3) is 11.0 Å². The highest BCUT2D eigenvalue weighted by Crippen LogP contribution is 2.18. The third-order valence-electron chi connectivity index (χ3n) is 3.46. The second-order valence-electron chi connectivity index (χ2n) is 5.04. The van der Waals surface area contributed by atoms with Crippen molar-refractivity contribution in [1.82, 2.24) is 19.9 Å². The third-order valence-corrected chi connectivity index (χ3v) is 3.90. The summed E-state index contributed by atoms with van der Waals surface area (Å²) in [4.78, 5) is 20.4. The highest BCUT2D eigenvalue weighted by atomic mass is 79.9. The molecule has 0 spiro atoms. The fraction of sp³-hybridized carbons (Fsp3) is 0.188. The fourth-order valence-electron chi connectivity index (χ4n) is 2.44. The molecule has 0 unspecified atom stereocenters. The summed E-state index contributed by atoms with van der Waals surface area (Å²) in [5.41, 5.74) is 2.69. The van der Waals surface area contributed by atoms with E-state index in [4.69, 9.17) is 0 Å². The van der Waals surface area contributed by atoms with Crippen molar-refractivity contribution < 1.29 is 4.79 Å². The maximum Gasteiger partial charge on any atom is 0.252 e. The molecule has 5 nitrogen and oxygen atoms in total. The summed E-state index contributed by atoms with van der Waals surface area (Å²) in [7, 11) is 1.98. The number of fused-ring (bicyclic) bond motifs is 1. The van der Waals surface area contributed by atoms with E-state index in [0.29, 0.717) is 12.1 Å². The Labute approximate surface area is 136 Å². The lowest BCUT2D eigenvalue weighted by atomic mass is 10.1. The van der Waals surface area contributed by atoms with Gasteiger partial charge in [-0.1, -0.05) is 0 Å². The number of amides is 1. The highest BCUT2D eigenvalue weighted by Gasteiger charge is 2.09. The van der Waals surface area contributed by atoms with Crippen molar-refractivity contribution in [3.63, 3.8) is 0 Å². The van der Waals surface area contributed by atoms with Gasteiger partial charge in [0, 0.05) is 48.2 Å². The van der Waals surface area contributed by atoms with Crippen LogP contribution in [-0.4, -0.2) is 27.0 Å². The van der Waals surface area contributed by atoms with Crippen molar-refractivity contribution in [1.29, 1.82) is 0 Å². The lowest BCUT2D eigenvalue weighted by Crippen LogP contribution is -2.25. The number of nitrogens with one attached hydrogen (secondary N) is 1. The monoisotopic (exact) mass is 358 g/mol. The van der Waals surface area contributed by atoms with Crippen molar-refractivity contribution in [2.75, 3.05) is 6.54 Å². The van der Waals surface area contributed by atoms with E-state index in [9.17, 15) is 4.79 Å². The van der Waals surface area contributed by atoms with Crippen LogP contribution in [0, 0.1) is 0 Å². The largest absolute Gasteiger partial charge is 0.352 e. The number of aromatic nitrogens is 3. The molecule has 0 bridgehead atoms. The normalized spacial score (nSPS) is 10.8. The Bertz CT molecular complexity index is 828. The van der Waals surface area contributed by atoms with Gasteiger partial charge in [-0.3, -0.25) is 9.78 Å². The highest BCUT2D eigenvalue weighted by molar-refractivity contribution is 9.10. The van der Waals surface area contributed by atoms with Crippen LogP contribution in [-0.2, 0) is 13.5 Å². The minimum Gasteiger partial charge on any atom is -0.352 e. The van der Waals surface area contributed by atoms with E-state index in [1.165, 1.54) is 5.56 Å². The molecule has 3 rings (SSSR count). The van der Waals surface area contributed by atoms with Gasteiger partial charge in [0.25, 0.3) is 5.91 Å². The van der Waals surface area contributed by atoms with Crippen LogP contribution >= 0.6 is 15.9 Å². The summed E-state index contributed by atoms with van der Waals surface area (Å²) >= 11 is 3.31. The number of hydrogen-bond acceptors (Lipinski definition) is 3. The lowest BCUT2D eigenvalue weighted by molar-refractivity contribution is 0.0953. The Hall–Kier alpha value is -2.21. The van der Waals surface area contributed by atoms with Crippen molar-refractivity contribution in [3.05, 3.63) is 58.6 Å². The molecule has 3 heterocycles. The molecule has 0 aliphatic heterocycles. The van der Waals surface area contributed by atoms with Crippen molar-refractivity contribution in [2.45, 2.75) is 6.42 Å². The molecule has 0 saturated heterocycles. The first kappa shape index (κ1) is 14.7. The van der Waals surface area contributed by atoms with Gasteiger partial charge in [0.1, 0.15) is 5.65 Å². The van der Waals surface area contributed by atoms with Gasteiger partial charge in [-0.25, -0.2) is 4.98 Å². The summed E-state index contributed by atoms with van der Waals surface area (Å²) in [6.07, 6.45) is 7.82. The maximum atomic E-state index is 12.1. The molecule has 112 valence electrons. The number of halogens is 1. The van der Waals surface area contributed by atoms with E-state index in [0.717, 1.165) is 21.9 Å². The molecule has 6 heteroatoms. The Morgan fingerprint density at radius 1 is 1.41 bits per heavy atom. The van der Waals surface area contributed by atoms with Crippen LogP contribution < -0.4 is 5.32 Å². The number of pyridine rings is 2. The standard InChI is InChI=1S/C16H15BrN4O/c1-21-10-11(14-3-2-5-19-15(14)21)4-6-20-16(22)12-7-13(17)9-18-8-12/h2-3,5,7-10H,4,6H2,1H3,(H,20,22). The second-order valence-corrected chi connectivity index (χ2v) is 5.95. The number of nitrogens with zero attached hydrogens (tertiary/aromatic N) is 3. The Balaban J connectivity index is 1.66. The molecule has 0 radical (unpaired) electrons. The SMILES string of the molecule is Cn1cc(CCNC(=O)c2cncc(Br)c2)c2cccnc21. The smallest absolute Gasteiger partial charge is 0.252 e. The molecule has 3 aromatic rings. The van der Waals surface area contributed by atoms with E-state index >= 15 is 0 Å². The van der Waals surface area contributed by atoms with E-state index in [-0.39, 0.29) is 5.91 Å². The van der Waals surface area contributed by atoms with Gasteiger partial charge < -0.3 is 9.88 Å². The van der Waals surface area contributed by atoms with Crippen LogP contribution in [0.2, 0.25) is 0 Å². The molecular formula is C16H15BrN4O. The molecule has 22 heavy (non-hydrogen) atoms. The number of hydrogen-bond donors (Lipinski definition) is 1. The van der Waals surface area contributed by atoms with Crippen LogP contribution in [0.3, 0.4) is 0 Å². The average molecular weight is 359 g/mol. The Kier molecular flexibility index (Phi) is 4.20. The minimum atomic E-state index is -0.118. The molecular weight excluding hydrogens is 344 g/mol. The summed E-state index contributed by atoms with van der Waals surface area (Å²) in [6, 6.07) is 5.74. The number of rotatable bonds is 4. The van der Waals surface area contributed by atoms with Gasteiger partial charge in [0.05, 0.1) is 5.56 Å². The minimum absolute atomic E-state index is 0.118. The molecule has 0 fully saturated rings.